The molecule has 0 aliphatic carbocycles. The number of anilines is 2. The van der Waals surface area contributed by atoms with Gasteiger partial charge in [-0.3, -0.25) is 14.4 Å². The van der Waals surface area contributed by atoms with E-state index in [1.807, 2.05) is 71.9 Å². The summed E-state index contributed by atoms with van der Waals surface area (Å²) in [6.07, 6.45) is 1.40. The van der Waals surface area contributed by atoms with Crippen molar-refractivity contribution in [3.8, 4) is 11.5 Å². The Morgan fingerprint density at radius 1 is 0.850 bits per heavy atom. The molecule has 0 aliphatic heterocycles. The van der Waals surface area contributed by atoms with Crippen molar-refractivity contribution in [2.24, 2.45) is 5.10 Å². The Morgan fingerprint density at radius 3 is 2.10 bits per heavy atom. The SMILES string of the molecule is CCOc1cc(/C=N\NC(=O)C(=O)Nc2c(C)cccc2C)cc(I)c1OCC(=O)Nc1c(C)cc(C)cc1C. The molecule has 0 aromatic heterocycles. The second kappa shape index (κ2) is 13.9. The van der Waals surface area contributed by atoms with Crippen LogP contribution in [0.3, 0.4) is 0 Å². The normalized spacial score (nSPS) is 10.8. The molecule has 0 saturated carbocycles. The molecule has 0 radical (unpaired) electrons. The lowest BCUT2D eigenvalue weighted by Gasteiger charge is -2.16. The van der Waals surface area contributed by atoms with E-state index in [2.05, 4.69) is 43.8 Å². The summed E-state index contributed by atoms with van der Waals surface area (Å²) in [6.45, 7) is 11.6. The summed E-state index contributed by atoms with van der Waals surface area (Å²) in [7, 11) is 0. The quantitative estimate of drug-likeness (QED) is 0.125. The first kappa shape index (κ1) is 30.6. The number of carbonyl (C=O) groups is 3. The van der Waals surface area contributed by atoms with Gasteiger partial charge in [0, 0.05) is 11.4 Å². The second-order valence-electron chi connectivity index (χ2n) is 9.29. The number of hydrogen-bond acceptors (Lipinski definition) is 6. The van der Waals surface area contributed by atoms with Gasteiger partial charge < -0.3 is 20.1 Å². The number of ether oxygens (including phenoxy) is 2. The molecule has 3 rings (SSSR count). The van der Waals surface area contributed by atoms with Crippen molar-refractivity contribution in [1.82, 2.24) is 5.43 Å². The highest BCUT2D eigenvalue weighted by Gasteiger charge is 2.17. The number of hydrogen-bond donors (Lipinski definition) is 3. The van der Waals surface area contributed by atoms with Gasteiger partial charge in [0.1, 0.15) is 0 Å². The molecule has 3 amide bonds. The summed E-state index contributed by atoms with van der Waals surface area (Å²) in [4.78, 5) is 37.3. The zero-order valence-electron chi connectivity index (χ0n) is 23.4. The molecule has 3 aromatic carbocycles. The molecular formula is C30H33IN4O5. The first-order valence-corrected chi connectivity index (χ1v) is 13.8. The number of nitrogens with zero attached hydrogens (tertiary/aromatic N) is 1. The number of hydrazone groups is 1. The maximum absolute atomic E-state index is 12.7. The van der Waals surface area contributed by atoms with E-state index in [0.717, 1.165) is 33.5 Å². The van der Waals surface area contributed by atoms with Gasteiger partial charge in [0.25, 0.3) is 5.91 Å². The number of amides is 3. The Kier molecular flexibility index (Phi) is 10.7. The van der Waals surface area contributed by atoms with E-state index in [1.54, 1.807) is 12.1 Å². The molecule has 10 heteroatoms. The Labute approximate surface area is 247 Å². The lowest BCUT2D eigenvalue weighted by Crippen LogP contribution is -2.32. The van der Waals surface area contributed by atoms with Crippen LogP contribution in [0.4, 0.5) is 11.4 Å². The van der Waals surface area contributed by atoms with Crippen LogP contribution in [0.15, 0.2) is 47.6 Å². The van der Waals surface area contributed by atoms with E-state index in [1.165, 1.54) is 6.21 Å². The topological polar surface area (TPSA) is 118 Å². The van der Waals surface area contributed by atoms with Gasteiger partial charge in [0.05, 0.1) is 16.4 Å². The van der Waals surface area contributed by atoms with Gasteiger partial charge in [-0.25, -0.2) is 5.43 Å². The second-order valence-corrected chi connectivity index (χ2v) is 10.5. The minimum Gasteiger partial charge on any atom is -0.490 e. The number of aryl methyl sites for hydroxylation is 5. The van der Waals surface area contributed by atoms with E-state index < -0.39 is 11.8 Å². The standard InChI is InChI=1S/C30H33IN4O5/c1-7-39-24-14-22(15-32-35-30(38)29(37)34-26-18(3)9-8-10-19(26)4)13-23(31)28(24)40-16-25(36)33-27-20(5)11-17(2)12-21(27)6/h8-15H,7,16H2,1-6H3,(H,33,36)(H,34,37)(H,35,38)/b32-15-. The molecule has 40 heavy (non-hydrogen) atoms. The minimum absolute atomic E-state index is 0.207. The third-order valence-electron chi connectivity index (χ3n) is 5.93. The van der Waals surface area contributed by atoms with Gasteiger partial charge in [0.15, 0.2) is 18.1 Å². The Bertz CT molecular complexity index is 1430. The average molecular weight is 657 g/mol. The van der Waals surface area contributed by atoms with Crippen LogP contribution in [0.25, 0.3) is 0 Å². The smallest absolute Gasteiger partial charge is 0.329 e. The molecule has 0 heterocycles. The van der Waals surface area contributed by atoms with Crippen LogP contribution in [0.2, 0.25) is 0 Å². The van der Waals surface area contributed by atoms with Crippen LogP contribution in [-0.2, 0) is 14.4 Å². The number of carbonyl (C=O) groups excluding carboxylic acids is 3. The summed E-state index contributed by atoms with van der Waals surface area (Å²) in [5.41, 5.74) is 9.00. The predicted octanol–water partition coefficient (Wildman–Crippen LogP) is 5.34. The van der Waals surface area contributed by atoms with Crippen LogP contribution in [0.1, 0.15) is 40.3 Å². The van der Waals surface area contributed by atoms with Gasteiger partial charge in [-0.05, 0) is 104 Å². The summed E-state index contributed by atoms with van der Waals surface area (Å²) in [5.74, 6) is -1.17. The predicted molar refractivity (Wildman–Crippen MR) is 165 cm³/mol. The third-order valence-corrected chi connectivity index (χ3v) is 6.73. The van der Waals surface area contributed by atoms with Crippen molar-refractivity contribution < 1.29 is 23.9 Å². The molecule has 0 fully saturated rings. The molecule has 3 N–H and O–H groups in total. The maximum Gasteiger partial charge on any atom is 0.329 e. The van der Waals surface area contributed by atoms with Crippen LogP contribution in [0.5, 0.6) is 11.5 Å². The van der Waals surface area contributed by atoms with Gasteiger partial charge in [0.2, 0.25) is 0 Å². The Balaban J connectivity index is 1.65. The van der Waals surface area contributed by atoms with Crippen LogP contribution in [0, 0.1) is 38.2 Å². The Morgan fingerprint density at radius 2 is 1.48 bits per heavy atom. The van der Waals surface area contributed by atoms with Crippen molar-refractivity contribution in [1.29, 1.82) is 0 Å². The highest BCUT2D eigenvalue weighted by Crippen LogP contribution is 2.34. The van der Waals surface area contributed by atoms with Crippen molar-refractivity contribution in [3.63, 3.8) is 0 Å². The first-order valence-electron chi connectivity index (χ1n) is 12.7. The number of rotatable bonds is 9. The van der Waals surface area contributed by atoms with Gasteiger partial charge in [-0.2, -0.15) is 5.10 Å². The molecule has 210 valence electrons. The molecule has 0 bridgehead atoms. The summed E-state index contributed by atoms with van der Waals surface area (Å²) in [6, 6.07) is 13.0. The summed E-state index contributed by atoms with van der Waals surface area (Å²) < 4.78 is 12.3. The van der Waals surface area contributed by atoms with Crippen molar-refractivity contribution in [2.45, 2.75) is 41.5 Å². The van der Waals surface area contributed by atoms with Crippen molar-refractivity contribution in [2.75, 3.05) is 23.8 Å². The minimum atomic E-state index is -0.899. The number of benzene rings is 3. The van der Waals surface area contributed by atoms with Crippen LogP contribution >= 0.6 is 22.6 Å². The van der Waals surface area contributed by atoms with Gasteiger partial charge in [-0.1, -0.05) is 35.9 Å². The maximum atomic E-state index is 12.7. The Hall–Kier alpha value is -3.93. The molecule has 0 unspecified atom stereocenters. The lowest BCUT2D eigenvalue weighted by molar-refractivity contribution is -0.136. The van der Waals surface area contributed by atoms with E-state index in [0.29, 0.717) is 32.9 Å². The van der Waals surface area contributed by atoms with E-state index in [4.69, 9.17) is 9.47 Å². The molecule has 3 aromatic rings. The van der Waals surface area contributed by atoms with E-state index in [-0.39, 0.29) is 12.5 Å². The highest BCUT2D eigenvalue weighted by atomic mass is 127. The van der Waals surface area contributed by atoms with Crippen LogP contribution < -0.4 is 25.5 Å². The molecule has 9 nitrogen and oxygen atoms in total. The van der Waals surface area contributed by atoms with Crippen molar-refractivity contribution in [3.05, 3.63) is 79.4 Å². The molecule has 0 spiro atoms. The van der Waals surface area contributed by atoms with Gasteiger partial charge in [-0.15, -0.1) is 0 Å². The fourth-order valence-corrected chi connectivity index (χ4v) is 4.94. The van der Waals surface area contributed by atoms with E-state index >= 15 is 0 Å². The first-order chi connectivity index (χ1) is 19.0. The van der Waals surface area contributed by atoms with Gasteiger partial charge >= 0.3 is 11.8 Å². The fourth-order valence-electron chi connectivity index (χ4n) is 4.15. The summed E-state index contributed by atoms with van der Waals surface area (Å²) >= 11 is 2.08. The zero-order valence-corrected chi connectivity index (χ0v) is 25.6. The molecule has 0 atom stereocenters. The van der Waals surface area contributed by atoms with Crippen LogP contribution in [-0.4, -0.2) is 37.1 Å². The number of halogens is 1. The van der Waals surface area contributed by atoms with Crippen molar-refractivity contribution >= 4 is 57.9 Å². The summed E-state index contributed by atoms with van der Waals surface area (Å²) in [5, 5.41) is 9.46. The molecule has 0 saturated heterocycles. The lowest BCUT2D eigenvalue weighted by atomic mass is 10.1. The third kappa shape index (κ3) is 8.04. The molecular weight excluding hydrogens is 623 g/mol. The number of para-hydroxylation sites is 1. The fraction of sp³-hybridized carbons (Fsp3) is 0.267. The highest BCUT2D eigenvalue weighted by molar-refractivity contribution is 14.1. The average Bonchev–Trinajstić information content (AvgIpc) is 2.88. The number of nitrogens with one attached hydrogen (secondary N) is 3. The zero-order chi connectivity index (χ0) is 29.4. The monoisotopic (exact) mass is 656 g/mol. The van der Waals surface area contributed by atoms with E-state index in [9.17, 15) is 14.4 Å². The largest absolute Gasteiger partial charge is 0.490 e. The molecule has 0 aliphatic rings.